The van der Waals surface area contributed by atoms with E-state index in [4.69, 9.17) is 22.3 Å². The smallest absolute Gasteiger partial charge is 0.123 e. The summed E-state index contributed by atoms with van der Waals surface area (Å²) >= 11 is 6.30. The quantitative estimate of drug-likeness (QED) is 0.668. The van der Waals surface area contributed by atoms with E-state index in [9.17, 15) is 4.39 Å². The van der Waals surface area contributed by atoms with Crippen molar-refractivity contribution in [3.05, 3.63) is 93.8 Å². The van der Waals surface area contributed by atoms with Gasteiger partial charge in [-0.2, -0.15) is 0 Å². The predicted molar refractivity (Wildman–Crippen MR) is 109 cm³/mol. The van der Waals surface area contributed by atoms with E-state index in [1.165, 1.54) is 12.1 Å². The van der Waals surface area contributed by atoms with Crippen LogP contribution in [0.5, 0.6) is 0 Å². The topological polar surface area (TPSA) is 38.4 Å². The lowest BCUT2D eigenvalue weighted by molar-refractivity contribution is 0.628. The molecular weight excluding hydrogens is 347 g/mol. The van der Waals surface area contributed by atoms with Gasteiger partial charge in [-0.05, 0) is 67.0 Å². The molecule has 2 nitrogen and oxygen atoms in total. The molecule has 0 fully saturated rings. The minimum atomic E-state index is -0.282. The summed E-state index contributed by atoms with van der Waals surface area (Å²) in [7, 11) is 0. The fourth-order valence-electron chi connectivity index (χ4n) is 3.13. The molecule has 1 aliphatic heterocycles. The second kappa shape index (κ2) is 7.30. The van der Waals surface area contributed by atoms with E-state index >= 15 is 0 Å². The molecule has 2 aromatic rings. The summed E-state index contributed by atoms with van der Waals surface area (Å²) in [6.07, 6.45) is 4.07. The maximum Gasteiger partial charge on any atom is 0.123 e. The molecule has 0 aliphatic carbocycles. The molecule has 0 aromatic heterocycles. The molecule has 0 atom stereocenters. The second-order valence-electron chi connectivity index (χ2n) is 6.31. The van der Waals surface area contributed by atoms with Crippen LogP contribution in [-0.4, -0.2) is 12.3 Å². The number of benzene rings is 2. The lowest BCUT2D eigenvalue weighted by atomic mass is 9.90. The molecule has 2 aromatic carbocycles. The van der Waals surface area contributed by atoms with Crippen LogP contribution in [-0.2, 0) is 0 Å². The third-order valence-corrected chi connectivity index (χ3v) is 4.59. The van der Waals surface area contributed by atoms with E-state index < -0.39 is 0 Å². The van der Waals surface area contributed by atoms with Gasteiger partial charge >= 0.3 is 0 Å². The lowest BCUT2D eigenvalue weighted by Crippen LogP contribution is -2.07. The number of halogens is 2. The third kappa shape index (κ3) is 3.49. The van der Waals surface area contributed by atoms with E-state index in [-0.39, 0.29) is 5.82 Å². The monoisotopic (exact) mass is 366 g/mol. The van der Waals surface area contributed by atoms with Gasteiger partial charge in [-0.1, -0.05) is 35.9 Å². The Balaban J connectivity index is 2.30. The molecule has 0 saturated carbocycles. The summed E-state index contributed by atoms with van der Waals surface area (Å²) in [5.74, 6) is -0.282. The van der Waals surface area contributed by atoms with Crippen LogP contribution in [0.4, 0.5) is 10.1 Å². The fourth-order valence-corrected chi connectivity index (χ4v) is 3.30. The van der Waals surface area contributed by atoms with E-state index in [0.717, 1.165) is 39.1 Å². The van der Waals surface area contributed by atoms with Crippen molar-refractivity contribution < 1.29 is 4.39 Å². The van der Waals surface area contributed by atoms with Gasteiger partial charge in [0.25, 0.3) is 0 Å². The number of allylic oxidation sites excluding steroid dienone is 3. The summed E-state index contributed by atoms with van der Waals surface area (Å²) in [5, 5.41) is 0.473. The molecule has 4 heteroatoms. The normalized spacial score (nSPS) is 17.0. The number of anilines is 1. The van der Waals surface area contributed by atoms with Crippen LogP contribution in [0.25, 0.3) is 5.57 Å². The van der Waals surface area contributed by atoms with Gasteiger partial charge in [0, 0.05) is 11.1 Å². The summed E-state index contributed by atoms with van der Waals surface area (Å²) in [6, 6.07) is 10.0. The van der Waals surface area contributed by atoms with E-state index in [0.29, 0.717) is 17.3 Å². The number of fused-ring (bicyclic) bond motifs is 1. The molecule has 3 rings (SSSR count). The number of aliphatic imine (C=N–C) groups is 1. The number of rotatable bonds is 2. The number of nitrogen functional groups attached to an aromatic ring is 1. The van der Waals surface area contributed by atoms with Crippen molar-refractivity contribution in [2.45, 2.75) is 13.8 Å². The van der Waals surface area contributed by atoms with Crippen molar-refractivity contribution in [2.24, 2.45) is 4.99 Å². The zero-order chi connectivity index (χ0) is 18.8. The van der Waals surface area contributed by atoms with Crippen molar-refractivity contribution in [1.29, 1.82) is 0 Å². The van der Waals surface area contributed by atoms with Crippen molar-refractivity contribution in [3.63, 3.8) is 0 Å². The Morgan fingerprint density at radius 3 is 2.54 bits per heavy atom. The first-order valence-electron chi connectivity index (χ1n) is 8.33. The average Bonchev–Trinajstić information content (AvgIpc) is 2.73. The molecule has 2 N–H and O–H groups in total. The van der Waals surface area contributed by atoms with Crippen LogP contribution in [0.15, 0.2) is 71.3 Å². The number of nitrogens with two attached hydrogens (primary N) is 1. The Kier molecular flexibility index (Phi) is 5.10. The molecule has 1 aliphatic rings. The third-order valence-electron chi connectivity index (χ3n) is 4.26. The van der Waals surface area contributed by atoms with Gasteiger partial charge in [-0.15, -0.1) is 0 Å². The van der Waals surface area contributed by atoms with Crippen molar-refractivity contribution in [1.82, 2.24) is 0 Å². The van der Waals surface area contributed by atoms with Gasteiger partial charge < -0.3 is 5.73 Å². The lowest BCUT2D eigenvalue weighted by Gasteiger charge is -2.15. The minimum Gasteiger partial charge on any atom is -0.398 e. The first-order chi connectivity index (χ1) is 12.4. The SMILES string of the molecule is C=C(C)/C=C1/CN=C(c2ccc(F)cc2)c2cc(Cl)c(N)cc2/C1=C/C. The number of hydrogen-bond acceptors (Lipinski definition) is 2. The highest BCUT2D eigenvalue weighted by atomic mass is 35.5. The van der Waals surface area contributed by atoms with Crippen LogP contribution >= 0.6 is 11.6 Å². The van der Waals surface area contributed by atoms with Gasteiger partial charge in [0.2, 0.25) is 0 Å². The Morgan fingerprint density at radius 1 is 1.23 bits per heavy atom. The molecule has 0 saturated heterocycles. The first-order valence-corrected chi connectivity index (χ1v) is 8.71. The van der Waals surface area contributed by atoms with Gasteiger partial charge in [0.05, 0.1) is 23.0 Å². The van der Waals surface area contributed by atoms with Crippen molar-refractivity contribution in [3.8, 4) is 0 Å². The maximum absolute atomic E-state index is 13.4. The summed E-state index contributed by atoms with van der Waals surface area (Å²) in [5.41, 5.74) is 13.1. The molecule has 0 spiro atoms. The second-order valence-corrected chi connectivity index (χ2v) is 6.72. The summed E-state index contributed by atoms with van der Waals surface area (Å²) in [4.78, 5) is 4.81. The average molecular weight is 367 g/mol. The largest absolute Gasteiger partial charge is 0.398 e. The van der Waals surface area contributed by atoms with Crippen LogP contribution in [0, 0.1) is 5.82 Å². The molecule has 0 radical (unpaired) electrons. The van der Waals surface area contributed by atoms with Gasteiger partial charge in [-0.3, -0.25) is 4.99 Å². The predicted octanol–water partition coefficient (Wildman–Crippen LogP) is 5.82. The van der Waals surface area contributed by atoms with Crippen LogP contribution in [0.1, 0.15) is 30.5 Å². The maximum atomic E-state index is 13.4. The fraction of sp³-hybridized carbons (Fsp3) is 0.136. The van der Waals surface area contributed by atoms with Crippen LogP contribution < -0.4 is 5.73 Å². The highest BCUT2D eigenvalue weighted by Gasteiger charge is 2.22. The first kappa shape index (κ1) is 18.2. The summed E-state index contributed by atoms with van der Waals surface area (Å²) < 4.78 is 13.4. The summed E-state index contributed by atoms with van der Waals surface area (Å²) in [6.45, 7) is 8.41. The van der Waals surface area contributed by atoms with Gasteiger partial charge in [0.1, 0.15) is 5.82 Å². The highest BCUT2D eigenvalue weighted by molar-refractivity contribution is 6.34. The molecular formula is C22H20ClFN2. The molecule has 26 heavy (non-hydrogen) atoms. The number of nitrogens with zero attached hydrogens (tertiary/aromatic N) is 1. The zero-order valence-corrected chi connectivity index (χ0v) is 15.6. The van der Waals surface area contributed by atoms with Crippen molar-refractivity contribution in [2.75, 3.05) is 12.3 Å². The minimum absolute atomic E-state index is 0.282. The van der Waals surface area contributed by atoms with Crippen molar-refractivity contribution >= 4 is 28.6 Å². The van der Waals surface area contributed by atoms with E-state index in [1.807, 2.05) is 38.1 Å². The Hall–Kier alpha value is -2.65. The standard InChI is InChI=1S/C22H20ClFN2/c1-4-17-15(9-13(2)3)12-26-22(14-5-7-16(24)8-6-14)19-10-20(23)21(25)11-18(17)19/h4-11H,2,12,25H2,1,3H3/b15-9-,17-4+. The Bertz CT molecular complexity index is 966. The molecule has 1 heterocycles. The Morgan fingerprint density at radius 2 is 1.92 bits per heavy atom. The molecule has 132 valence electrons. The molecule has 0 unspecified atom stereocenters. The highest BCUT2D eigenvalue weighted by Crippen LogP contribution is 2.36. The van der Waals surface area contributed by atoms with Crippen LogP contribution in [0.3, 0.4) is 0 Å². The Labute approximate surface area is 158 Å². The van der Waals surface area contributed by atoms with Crippen LogP contribution in [0.2, 0.25) is 5.02 Å². The van der Waals surface area contributed by atoms with Gasteiger partial charge in [-0.25, -0.2) is 4.39 Å². The molecule has 0 bridgehead atoms. The van der Waals surface area contributed by atoms with E-state index in [2.05, 4.69) is 6.58 Å². The zero-order valence-electron chi connectivity index (χ0n) is 14.8. The van der Waals surface area contributed by atoms with E-state index in [1.54, 1.807) is 12.1 Å². The number of hydrogen-bond donors (Lipinski definition) is 1. The van der Waals surface area contributed by atoms with Gasteiger partial charge in [0.15, 0.2) is 0 Å². The molecule has 0 amide bonds.